The van der Waals surface area contributed by atoms with Crippen LogP contribution in [0.5, 0.6) is 0 Å². The molecule has 1 rings (SSSR count). The predicted octanol–water partition coefficient (Wildman–Crippen LogP) is 2.40. The van der Waals surface area contributed by atoms with Gasteiger partial charge in [0.15, 0.2) is 6.61 Å². The fourth-order valence-corrected chi connectivity index (χ4v) is 1.21. The Morgan fingerprint density at radius 3 is 2.48 bits per heavy atom. The van der Waals surface area contributed by atoms with Gasteiger partial charge in [0.2, 0.25) is 0 Å². The summed E-state index contributed by atoms with van der Waals surface area (Å²) in [5, 5.41) is 21.1. The van der Waals surface area contributed by atoms with Crippen molar-refractivity contribution in [1.29, 1.82) is 0 Å². The summed E-state index contributed by atoms with van der Waals surface area (Å²) in [6.07, 6.45) is -6.30. The fraction of sp³-hybridized carbons (Fsp3) is 0.200. The number of hydrogen-bond donors (Lipinski definition) is 2. The first-order valence-electron chi connectivity index (χ1n) is 5.12. The number of carboxylic acid groups (broad SMARTS) is 1. The standard InChI is InChI=1S/C10H7F3N2O6/c11-10(12,13)4-21-9(18)14-6-2-1-5(8(16)17)3-7(6)15(19)20/h1-3H,4H2,(H,14,18)(H,16,17). The molecule has 0 saturated carbocycles. The lowest BCUT2D eigenvalue weighted by Gasteiger charge is -2.09. The maximum absolute atomic E-state index is 11.8. The molecule has 1 aromatic carbocycles. The van der Waals surface area contributed by atoms with Gasteiger partial charge in [0, 0.05) is 6.07 Å². The molecule has 0 aromatic heterocycles. The second kappa shape index (κ2) is 6.07. The Bertz CT molecular complexity index is 587. The van der Waals surface area contributed by atoms with Crippen molar-refractivity contribution in [1.82, 2.24) is 0 Å². The number of nitrogens with one attached hydrogen (secondary N) is 1. The summed E-state index contributed by atoms with van der Waals surface area (Å²) in [7, 11) is 0. The average Bonchev–Trinajstić information content (AvgIpc) is 2.35. The van der Waals surface area contributed by atoms with E-state index < -0.39 is 46.7 Å². The van der Waals surface area contributed by atoms with Crippen molar-refractivity contribution in [3.63, 3.8) is 0 Å². The van der Waals surface area contributed by atoms with E-state index >= 15 is 0 Å². The summed E-state index contributed by atoms with van der Waals surface area (Å²) in [4.78, 5) is 31.5. The summed E-state index contributed by atoms with van der Waals surface area (Å²) in [5.41, 5.74) is -1.70. The smallest absolute Gasteiger partial charge is 0.422 e. The zero-order valence-corrected chi connectivity index (χ0v) is 10.0. The molecule has 0 saturated heterocycles. The Balaban J connectivity index is 2.90. The topological polar surface area (TPSA) is 119 Å². The second-order valence-electron chi connectivity index (χ2n) is 3.61. The second-order valence-corrected chi connectivity index (χ2v) is 3.61. The van der Waals surface area contributed by atoms with Crippen molar-refractivity contribution < 1.29 is 37.5 Å². The predicted molar refractivity (Wildman–Crippen MR) is 61.1 cm³/mol. The molecule has 21 heavy (non-hydrogen) atoms. The van der Waals surface area contributed by atoms with Gasteiger partial charge in [-0.25, -0.2) is 9.59 Å². The number of nitrogens with zero attached hydrogens (tertiary/aromatic N) is 1. The number of carbonyl (C=O) groups excluding carboxylic acids is 1. The van der Waals surface area contributed by atoms with E-state index in [-0.39, 0.29) is 0 Å². The molecule has 0 aliphatic heterocycles. The van der Waals surface area contributed by atoms with Crippen LogP contribution in [0, 0.1) is 10.1 Å². The zero-order valence-electron chi connectivity index (χ0n) is 10.0. The van der Waals surface area contributed by atoms with Crippen molar-refractivity contribution in [3.05, 3.63) is 33.9 Å². The highest BCUT2D eigenvalue weighted by Crippen LogP contribution is 2.26. The van der Waals surface area contributed by atoms with Crippen LogP contribution in [0.3, 0.4) is 0 Å². The number of carboxylic acids is 1. The van der Waals surface area contributed by atoms with Crippen molar-refractivity contribution in [2.75, 3.05) is 11.9 Å². The molecule has 11 heteroatoms. The van der Waals surface area contributed by atoms with Gasteiger partial charge in [-0.2, -0.15) is 13.2 Å². The Morgan fingerprint density at radius 1 is 1.38 bits per heavy atom. The highest BCUT2D eigenvalue weighted by molar-refractivity contribution is 5.92. The summed E-state index contributed by atoms with van der Waals surface area (Å²) < 4.78 is 39.3. The Hall–Kier alpha value is -2.85. The molecule has 0 bridgehead atoms. The minimum Gasteiger partial charge on any atom is -0.478 e. The number of carbonyl (C=O) groups is 2. The SMILES string of the molecule is O=C(Nc1ccc(C(=O)O)cc1[N+](=O)[O-])OCC(F)(F)F. The Kier molecular flexibility index (Phi) is 4.68. The van der Waals surface area contributed by atoms with Crippen molar-refractivity contribution in [2.45, 2.75) is 6.18 Å². The van der Waals surface area contributed by atoms with Crippen LogP contribution in [0.1, 0.15) is 10.4 Å². The van der Waals surface area contributed by atoms with Gasteiger partial charge in [0.25, 0.3) is 5.69 Å². The molecule has 0 fully saturated rings. The number of nitro benzene ring substituents is 1. The van der Waals surface area contributed by atoms with Crippen LogP contribution in [0.15, 0.2) is 18.2 Å². The van der Waals surface area contributed by atoms with Crippen LogP contribution >= 0.6 is 0 Å². The maximum Gasteiger partial charge on any atom is 0.422 e. The van der Waals surface area contributed by atoms with Crippen molar-refractivity contribution >= 4 is 23.4 Å². The summed E-state index contributed by atoms with van der Waals surface area (Å²) >= 11 is 0. The number of alkyl halides is 3. The summed E-state index contributed by atoms with van der Waals surface area (Å²) in [6, 6.07) is 2.47. The first-order chi connectivity index (χ1) is 9.60. The first-order valence-corrected chi connectivity index (χ1v) is 5.12. The number of anilines is 1. The average molecular weight is 308 g/mol. The Morgan fingerprint density at radius 2 is 2.00 bits per heavy atom. The number of aromatic carboxylic acids is 1. The normalized spacial score (nSPS) is 10.8. The van der Waals surface area contributed by atoms with E-state index in [1.807, 2.05) is 0 Å². The lowest BCUT2D eigenvalue weighted by molar-refractivity contribution is -0.384. The minimum atomic E-state index is -4.74. The molecule has 1 aromatic rings. The van der Waals surface area contributed by atoms with E-state index in [9.17, 15) is 32.9 Å². The summed E-state index contributed by atoms with van der Waals surface area (Å²) in [5.74, 6) is -1.44. The summed E-state index contributed by atoms with van der Waals surface area (Å²) in [6.45, 7) is -1.86. The van der Waals surface area contributed by atoms with Gasteiger partial charge >= 0.3 is 18.2 Å². The molecule has 0 radical (unpaired) electrons. The van der Waals surface area contributed by atoms with Gasteiger partial charge in [-0.3, -0.25) is 15.4 Å². The molecule has 0 heterocycles. The molecular formula is C10H7F3N2O6. The Labute approximate surface area is 114 Å². The van der Waals surface area contributed by atoms with Gasteiger partial charge in [-0.05, 0) is 12.1 Å². The number of ether oxygens (including phenoxy) is 1. The molecule has 1 amide bonds. The molecule has 0 unspecified atom stereocenters. The number of hydrogen-bond acceptors (Lipinski definition) is 5. The van der Waals surface area contributed by atoms with Gasteiger partial charge < -0.3 is 9.84 Å². The number of rotatable bonds is 4. The van der Waals surface area contributed by atoms with Gasteiger partial charge in [-0.1, -0.05) is 0 Å². The third kappa shape index (κ3) is 4.97. The van der Waals surface area contributed by atoms with Gasteiger partial charge in [0.1, 0.15) is 5.69 Å². The van der Waals surface area contributed by atoms with Crippen LogP contribution in [0.25, 0.3) is 0 Å². The third-order valence-corrected chi connectivity index (χ3v) is 2.05. The zero-order chi connectivity index (χ0) is 16.2. The molecular weight excluding hydrogens is 301 g/mol. The van der Waals surface area contributed by atoms with Gasteiger partial charge in [0.05, 0.1) is 10.5 Å². The molecule has 2 N–H and O–H groups in total. The molecule has 0 spiro atoms. The maximum atomic E-state index is 11.8. The van der Waals surface area contributed by atoms with E-state index in [1.165, 1.54) is 0 Å². The van der Waals surface area contributed by atoms with Gasteiger partial charge in [-0.15, -0.1) is 0 Å². The molecule has 0 atom stereocenters. The minimum absolute atomic E-state index is 0.420. The van der Waals surface area contributed by atoms with Crippen molar-refractivity contribution in [2.24, 2.45) is 0 Å². The van der Waals surface area contributed by atoms with Crippen molar-refractivity contribution in [3.8, 4) is 0 Å². The van der Waals surface area contributed by atoms with Crippen LogP contribution in [0.4, 0.5) is 29.3 Å². The largest absolute Gasteiger partial charge is 0.478 e. The van der Waals surface area contributed by atoms with Crippen LogP contribution in [-0.2, 0) is 4.74 Å². The quantitative estimate of drug-likeness (QED) is 0.651. The van der Waals surface area contributed by atoms with Crippen LogP contribution in [-0.4, -0.2) is 34.9 Å². The van der Waals surface area contributed by atoms with E-state index in [0.717, 1.165) is 12.1 Å². The van der Waals surface area contributed by atoms with E-state index in [0.29, 0.717) is 6.07 Å². The number of halogens is 3. The number of benzene rings is 1. The number of nitro groups is 1. The number of amides is 1. The monoisotopic (exact) mass is 308 g/mol. The molecule has 114 valence electrons. The first kappa shape index (κ1) is 16.2. The van der Waals surface area contributed by atoms with E-state index in [4.69, 9.17) is 5.11 Å². The lowest BCUT2D eigenvalue weighted by atomic mass is 10.2. The lowest BCUT2D eigenvalue weighted by Crippen LogP contribution is -2.23. The molecule has 0 aliphatic rings. The molecule has 0 aliphatic carbocycles. The van der Waals surface area contributed by atoms with E-state index in [1.54, 1.807) is 5.32 Å². The molecule has 8 nitrogen and oxygen atoms in total. The third-order valence-electron chi connectivity index (χ3n) is 2.05. The highest BCUT2D eigenvalue weighted by Gasteiger charge is 2.30. The fourth-order valence-electron chi connectivity index (χ4n) is 1.21. The highest BCUT2D eigenvalue weighted by atomic mass is 19.4. The van der Waals surface area contributed by atoms with E-state index in [2.05, 4.69) is 4.74 Å². The van der Waals surface area contributed by atoms with Crippen LogP contribution < -0.4 is 5.32 Å². The van der Waals surface area contributed by atoms with Crippen LogP contribution in [0.2, 0.25) is 0 Å².